The fourth-order valence-electron chi connectivity index (χ4n) is 1.63. The zero-order valence-electron chi connectivity index (χ0n) is 10.6. The molecule has 2 aromatic heterocycles. The lowest BCUT2D eigenvalue weighted by molar-refractivity contribution is -0.117. The topological polar surface area (TPSA) is 85.8 Å². The third-order valence-electron chi connectivity index (χ3n) is 2.73. The van der Waals surface area contributed by atoms with Gasteiger partial charge in [-0.05, 0) is 26.0 Å². The number of halogens is 1. The Morgan fingerprint density at radius 2 is 2.21 bits per heavy atom. The highest BCUT2D eigenvalue weighted by atomic mass is 19.1. The van der Waals surface area contributed by atoms with E-state index in [2.05, 4.69) is 15.4 Å². The van der Waals surface area contributed by atoms with Gasteiger partial charge in [0.15, 0.2) is 0 Å². The fraction of sp³-hybridized carbons (Fsp3) is 0.250. The zero-order chi connectivity index (χ0) is 14.0. The molecule has 0 aliphatic carbocycles. The predicted molar refractivity (Wildman–Crippen MR) is 68.9 cm³/mol. The molecule has 0 fully saturated rings. The van der Waals surface area contributed by atoms with Crippen molar-refractivity contribution in [3.8, 4) is 0 Å². The first-order chi connectivity index (χ1) is 8.97. The molecule has 6 nitrogen and oxygen atoms in total. The second-order valence-corrected chi connectivity index (χ2v) is 4.15. The highest BCUT2D eigenvalue weighted by molar-refractivity contribution is 5.89. The Morgan fingerprint density at radius 1 is 1.47 bits per heavy atom. The van der Waals surface area contributed by atoms with E-state index in [1.54, 1.807) is 13.8 Å². The fourth-order valence-corrected chi connectivity index (χ4v) is 1.63. The van der Waals surface area contributed by atoms with Crippen molar-refractivity contribution in [1.82, 2.24) is 14.8 Å². The number of rotatable bonds is 3. The van der Waals surface area contributed by atoms with Gasteiger partial charge in [-0.1, -0.05) is 0 Å². The third-order valence-corrected chi connectivity index (χ3v) is 2.73. The summed E-state index contributed by atoms with van der Waals surface area (Å²) in [6.45, 7) is 3.60. The average molecular weight is 263 g/mol. The molecule has 0 radical (unpaired) electrons. The average Bonchev–Trinajstić information content (AvgIpc) is 2.60. The summed E-state index contributed by atoms with van der Waals surface area (Å²) in [6.07, 6.45) is 1.04. The normalized spacial score (nSPS) is 10.5. The van der Waals surface area contributed by atoms with Crippen molar-refractivity contribution in [1.29, 1.82) is 0 Å². The molecule has 2 aromatic rings. The maximum Gasteiger partial charge on any atom is 0.247 e. The Labute approximate surface area is 109 Å². The van der Waals surface area contributed by atoms with E-state index in [4.69, 9.17) is 5.73 Å². The second kappa shape index (κ2) is 5.05. The number of carbonyl (C=O) groups is 1. The van der Waals surface area contributed by atoms with Crippen molar-refractivity contribution in [2.45, 2.75) is 20.4 Å². The summed E-state index contributed by atoms with van der Waals surface area (Å²) in [6, 6.07) is 2.62. The molecule has 0 unspecified atom stereocenters. The van der Waals surface area contributed by atoms with Crippen LogP contribution in [0.15, 0.2) is 18.3 Å². The van der Waals surface area contributed by atoms with E-state index in [1.165, 1.54) is 16.8 Å². The van der Waals surface area contributed by atoms with Gasteiger partial charge in [-0.15, -0.1) is 0 Å². The van der Waals surface area contributed by atoms with Crippen LogP contribution >= 0.6 is 0 Å². The van der Waals surface area contributed by atoms with E-state index in [0.29, 0.717) is 17.2 Å². The summed E-state index contributed by atoms with van der Waals surface area (Å²) < 4.78 is 14.2. The smallest absolute Gasteiger partial charge is 0.247 e. The standard InChI is InChI=1S/C12H14FN5O/c1-7-12(14)8(2)18(17-7)6-11(19)16-10-4-3-9(13)5-15-10/h3-5H,6,14H2,1-2H3,(H,15,16,19). The van der Waals surface area contributed by atoms with Gasteiger partial charge in [0.1, 0.15) is 18.2 Å². The second-order valence-electron chi connectivity index (χ2n) is 4.15. The summed E-state index contributed by atoms with van der Waals surface area (Å²) in [5.74, 6) is -0.463. The molecule has 19 heavy (non-hydrogen) atoms. The minimum Gasteiger partial charge on any atom is -0.396 e. The van der Waals surface area contributed by atoms with Crippen LogP contribution in [-0.4, -0.2) is 20.7 Å². The maximum absolute atomic E-state index is 12.7. The Balaban J connectivity index is 2.05. The molecule has 0 saturated heterocycles. The molecule has 0 aliphatic heterocycles. The predicted octanol–water partition coefficient (Wildman–Crippen LogP) is 1.25. The van der Waals surface area contributed by atoms with Gasteiger partial charge in [-0.3, -0.25) is 9.48 Å². The van der Waals surface area contributed by atoms with Crippen LogP contribution < -0.4 is 11.1 Å². The van der Waals surface area contributed by atoms with Crippen LogP contribution in [0.4, 0.5) is 15.9 Å². The first-order valence-electron chi connectivity index (χ1n) is 5.68. The van der Waals surface area contributed by atoms with Gasteiger partial charge in [-0.25, -0.2) is 9.37 Å². The molecular weight excluding hydrogens is 249 g/mol. The van der Waals surface area contributed by atoms with Crippen LogP contribution in [0.2, 0.25) is 0 Å². The van der Waals surface area contributed by atoms with Gasteiger partial charge in [-0.2, -0.15) is 5.10 Å². The molecule has 0 saturated carbocycles. The number of nitrogen functional groups attached to an aromatic ring is 1. The number of aromatic nitrogens is 3. The summed E-state index contributed by atoms with van der Waals surface area (Å²) in [4.78, 5) is 15.5. The van der Waals surface area contributed by atoms with E-state index in [9.17, 15) is 9.18 Å². The molecule has 100 valence electrons. The lowest BCUT2D eigenvalue weighted by Crippen LogP contribution is -2.21. The minimum atomic E-state index is -0.454. The molecule has 7 heteroatoms. The van der Waals surface area contributed by atoms with E-state index in [0.717, 1.165) is 11.9 Å². The summed E-state index contributed by atoms with van der Waals surface area (Å²) in [5.41, 5.74) is 7.78. The number of aryl methyl sites for hydroxylation is 1. The monoisotopic (exact) mass is 263 g/mol. The van der Waals surface area contributed by atoms with Crippen molar-refractivity contribution in [2.24, 2.45) is 0 Å². The number of nitrogens with zero attached hydrogens (tertiary/aromatic N) is 3. The van der Waals surface area contributed by atoms with Crippen molar-refractivity contribution in [3.05, 3.63) is 35.5 Å². The molecule has 0 aliphatic rings. The van der Waals surface area contributed by atoms with Crippen LogP contribution in [0.25, 0.3) is 0 Å². The highest BCUT2D eigenvalue weighted by Gasteiger charge is 2.11. The highest BCUT2D eigenvalue weighted by Crippen LogP contribution is 2.14. The van der Waals surface area contributed by atoms with Crippen molar-refractivity contribution in [2.75, 3.05) is 11.1 Å². The van der Waals surface area contributed by atoms with Gasteiger partial charge in [0.2, 0.25) is 5.91 Å². The number of nitrogens with two attached hydrogens (primary N) is 1. The minimum absolute atomic E-state index is 0.0307. The number of anilines is 2. The Bertz CT molecular complexity index is 605. The van der Waals surface area contributed by atoms with Crippen molar-refractivity contribution >= 4 is 17.4 Å². The quantitative estimate of drug-likeness (QED) is 0.872. The zero-order valence-corrected chi connectivity index (χ0v) is 10.6. The van der Waals surface area contributed by atoms with E-state index >= 15 is 0 Å². The number of hydrogen-bond donors (Lipinski definition) is 2. The van der Waals surface area contributed by atoms with Gasteiger partial charge in [0, 0.05) is 0 Å². The van der Waals surface area contributed by atoms with Crippen LogP contribution in [0, 0.1) is 19.7 Å². The first kappa shape index (κ1) is 13.0. The molecule has 0 spiro atoms. The molecule has 0 atom stereocenters. The van der Waals surface area contributed by atoms with Gasteiger partial charge in [0.05, 0.1) is 23.3 Å². The largest absolute Gasteiger partial charge is 0.396 e. The number of hydrogen-bond acceptors (Lipinski definition) is 4. The van der Waals surface area contributed by atoms with Gasteiger partial charge >= 0.3 is 0 Å². The summed E-state index contributed by atoms with van der Waals surface area (Å²) in [5, 5.41) is 6.71. The van der Waals surface area contributed by atoms with Gasteiger partial charge < -0.3 is 11.1 Å². The molecule has 0 aromatic carbocycles. The van der Waals surface area contributed by atoms with E-state index < -0.39 is 5.82 Å². The lowest BCUT2D eigenvalue weighted by atomic mass is 10.3. The molecule has 1 amide bonds. The van der Waals surface area contributed by atoms with E-state index in [-0.39, 0.29) is 12.5 Å². The third kappa shape index (κ3) is 2.87. The Hall–Kier alpha value is -2.44. The number of nitrogens with one attached hydrogen (secondary N) is 1. The van der Waals surface area contributed by atoms with Crippen LogP contribution in [-0.2, 0) is 11.3 Å². The lowest BCUT2D eigenvalue weighted by Gasteiger charge is -2.06. The first-order valence-corrected chi connectivity index (χ1v) is 5.68. The van der Waals surface area contributed by atoms with E-state index in [1.807, 2.05) is 0 Å². The molecular formula is C12H14FN5O. The molecule has 2 rings (SSSR count). The molecule has 3 N–H and O–H groups in total. The van der Waals surface area contributed by atoms with Crippen molar-refractivity contribution in [3.63, 3.8) is 0 Å². The van der Waals surface area contributed by atoms with Crippen LogP contribution in [0.1, 0.15) is 11.4 Å². The number of amides is 1. The molecule has 2 heterocycles. The number of pyridine rings is 1. The van der Waals surface area contributed by atoms with Crippen molar-refractivity contribution < 1.29 is 9.18 Å². The summed E-state index contributed by atoms with van der Waals surface area (Å²) >= 11 is 0. The Kier molecular flexibility index (Phi) is 3.46. The maximum atomic E-state index is 12.7. The molecule has 0 bridgehead atoms. The summed E-state index contributed by atoms with van der Waals surface area (Å²) in [7, 11) is 0. The van der Waals surface area contributed by atoms with Crippen LogP contribution in [0.5, 0.6) is 0 Å². The van der Waals surface area contributed by atoms with Gasteiger partial charge in [0.25, 0.3) is 0 Å². The SMILES string of the molecule is Cc1nn(CC(=O)Nc2ccc(F)cn2)c(C)c1N. The number of carbonyl (C=O) groups excluding carboxylic acids is 1. The van der Waals surface area contributed by atoms with Crippen LogP contribution in [0.3, 0.4) is 0 Å². The Morgan fingerprint density at radius 3 is 2.74 bits per heavy atom.